The molecule has 2 aromatic heterocycles. The van der Waals surface area contributed by atoms with E-state index in [4.69, 9.17) is 0 Å². The number of hydrogen-bond acceptors (Lipinski definition) is 3. The van der Waals surface area contributed by atoms with Crippen molar-refractivity contribution < 1.29 is 4.79 Å². The van der Waals surface area contributed by atoms with E-state index in [-0.39, 0.29) is 5.78 Å². The Morgan fingerprint density at radius 3 is 2.60 bits per heavy atom. The highest BCUT2D eigenvalue weighted by atomic mass is 16.1. The molecule has 2 heterocycles. The summed E-state index contributed by atoms with van der Waals surface area (Å²) in [6, 6.07) is 12.9. The van der Waals surface area contributed by atoms with Gasteiger partial charge in [0.1, 0.15) is 11.5 Å². The molecule has 3 rings (SSSR count). The van der Waals surface area contributed by atoms with Crippen LogP contribution >= 0.6 is 0 Å². The second-order valence-corrected chi connectivity index (χ2v) is 4.50. The van der Waals surface area contributed by atoms with Gasteiger partial charge in [0.25, 0.3) is 0 Å². The first kappa shape index (κ1) is 12.3. The van der Waals surface area contributed by atoms with Gasteiger partial charge in [-0.25, -0.2) is 4.98 Å². The SMILES string of the molecule is Cc1[nH]c(-c2cccnc2)nc1C(=O)c1ccccc1. The third-order valence-electron chi connectivity index (χ3n) is 3.07. The Bertz CT molecular complexity index is 733. The number of aromatic nitrogens is 3. The van der Waals surface area contributed by atoms with E-state index in [0.29, 0.717) is 17.1 Å². The number of imidazole rings is 1. The van der Waals surface area contributed by atoms with Gasteiger partial charge in [0.2, 0.25) is 5.78 Å². The molecular formula is C16H13N3O. The lowest BCUT2D eigenvalue weighted by atomic mass is 10.1. The maximum atomic E-state index is 12.4. The molecule has 0 fully saturated rings. The summed E-state index contributed by atoms with van der Waals surface area (Å²) < 4.78 is 0. The Hall–Kier alpha value is -2.75. The molecule has 0 amide bonds. The summed E-state index contributed by atoms with van der Waals surface area (Å²) in [6.45, 7) is 1.85. The number of aromatic amines is 1. The summed E-state index contributed by atoms with van der Waals surface area (Å²) in [5.74, 6) is 0.587. The Morgan fingerprint density at radius 2 is 1.90 bits per heavy atom. The highest BCUT2D eigenvalue weighted by Crippen LogP contribution is 2.18. The summed E-state index contributed by atoms with van der Waals surface area (Å²) in [5.41, 5.74) is 2.72. The van der Waals surface area contributed by atoms with Gasteiger partial charge in [0.15, 0.2) is 0 Å². The maximum Gasteiger partial charge on any atom is 0.213 e. The molecule has 0 saturated heterocycles. The van der Waals surface area contributed by atoms with Gasteiger partial charge in [0.05, 0.1) is 0 Å². The van der Waals surface area contributed by atoms with E-state index in [1.165, 1.54) is 0 Å². The largest absolute Gasteiger partial charge is 0.341 e. The van der Waals surface area contributed by atoms with E-state index in [1.807, 2.05) is 37.3 Å². The van der Waals surface area contributed by atoms with Crippen molar-refractivity contribution in [2.24, 2.45) is 0 Å². The standard InChI is InChI=1S/C16H13N3O/c1-11-14(15(20)12-6-3-2-4-7-12)19-16(18-11)13-8-5-9-17-10-13/h2-10H,1H3,(H,18,19). The predicted molar refractivity (Wildman–Crippen MR) is 76.4 cm³/mol. The molecule has 4 heteroatoms. The van der Waals surface area contributed by atoms with Crippen LogP contribution < -0.4 is 0 Å². The van der Waals surface area contributed by atoms with Crippen LogP contribution in [0.15, 0.2) is 54.9 Å². The van der Waals surface area contributed by atoms with Gasteiger partial charge in [-0.3, -0.25) is 9.78 Å². The fourth-order valence-electron chi connectivity index (χ4n) is 2.05. The minimum absolute atomic E-state index is 0.0745. The van der Waals surface area contributed by atoms with Gasteiger partial charge in [-0.2, -0.15) is 0 Å². The monoisotopic (exact) mass is 263 g/mol. The third-order valence-corrected chi connectivity index (χ3v) is 3.07. The number of benzene rings is 1. The normalized spacial score (nSPS) is 10.4. The molecular weight excluding hydrogens is 250 g/mol. The summed E-state index contributed by atoms with van der Waals surface area (Å²) in [5, 5.41) is 0. The fraction of sp³-hybridized carbons (Fsp3) is 0.0625. The topological polar surface area (TPSA) is 58.6 Å². The molecule has 20 heavy (non-hydrogen) atoms. The minimum atomic E-state index is -0.0745. The highest BCUT2D eigenvalue weighted by molar-refractivity contribution is 6.08. The molecule has 1 aromatic carbocycles. The minimum Gasteiger partial charge on any atom is -0.341 e. The summed E-state index contributed by atoms with van der Waals surface area (Å²) in [7, 11) is 0. The molecule has 98 valence electrons. The van der Waals surface area contributed by atoms with Gasteiger partial charge in [-0.1, -0.05) is 30.3 Å². The Morgan fingerprint density at radius 1 is 1.10 bits per heavy atom. The lowest BCUT2D eigenvalue weighted by molar-refractivity contribution is 0.103. The van der Waals surface area contributed by atoms with E-state index in [1.54, 1.807) is 24.5 Å². The van der Waals surface area contributed by atoms with Crippen LogP contribution in [0.25, 0.3) is 11.4 Å². The van der Waals surface area contributed by atoms with E-state index in [0.717, 1.165) is 11.3 Å². The molecule has 0 aliphatic rings. The molecule has 3 aromatic rings. The average molecular weight is 263 g/mol. The van der Waals surface area contributed by atoms with Crippen molar-refractivity contribution in [2.45, 2.75) is 6.92 Å². The van der Waals surface area contributed by atoms with Crippen LogP contribution in [0.5, 0.6) is 0 Å². The first-order valence-electron chi connectivity index (χ1n) is 6.32. The first-order chi connectivity index (χ1) is 9.75. The Balaban J connectivity index is 2.00. The average Bonchev–Trinajstić information content (AvgIpc) is 2.90. The molecule has 0 unspecified atom stereocenters. The second-order valence-electron chi connectivity index (χ2n) is 4.50. The van der Waals surface area contributed by atoms with Gasteiger partial charge in [-0.15, -0.1) is 0 Å². The van der Waals surface area contributed by atoms with Crippen LogP contribution in [-0.2, 0) is 0 Å². The van der Waals surface area contributed by atoms with Crippen molar-refractivity contribution in [1.29, 1.82) is 0 Å². The molecule has 0 atom stereocenters. The first-order valence-corrected chi connectivity index (χ1v) is 6.32. The van der Waals surface area contributed by atoms with Crippen LogP contribution in [0.3, 0.4) is 0 Å². The van der Waals surface area contributed by atoms with E-state index < -0.39 is 0 Å². The molecule has 0 saturated carbocycles. The molecule has 0 aliphatic heterocycles. The van der Waals surface area contributed by atoms with Crippen LogP contribution in [0.1, 0.15) is 21.7 Å². The van der Waals surface area contributed by atoms with E-state index in [2.05, 4.69) is 15.0 Å². The van der Waals surface area contributed by atoms with Gasteiger partial charge >= 0.3 is 0 Å². The number of ketones is 1. The van der Waals surface area contributed by atoms with Crippen molar-refractivity contribution in [3.63, 3.8) is 0 Å². The second kappa shape index (κ2) is 5.09. The van der Waals surface area contributed by atoms with Gasteiger partial charge in [-0.05, 0) is 19.1 Å². The highest BCUT2D eigenvalue weighted by Gasteiger charge is 2.17. The summed E-state index contributed by atoms with van der Waals surface area (Å²) in [4.78, 5) is 24.0. The number of nitrogens with zero attached hydrogens (tertiary/aromatic N) is 2. The van der Waals surface area contributed by atoms with Crippen LogP contribution in [0.2, 0.25) is 0 Å². The number of nitrogens with one attached hydrogen (secondary N) is 1. The zero-order chi connectivity index (χ0) is 13.9. The summed E-state index contributed by atoms with van der Waals surface area (Å²) >= 11 is 0. The van der Waals surface area contributed by atoms with Crippen LogP contribution in [-0.4, -0.2) is 20.7 Å². The van der Waals surface area contributed by atoms with Gasteiger partial charge in [0, 0.05) is 29.2 Å². The quantitative estimate of drug-likeness (QED) is 0.739. The van der Waals surface area contributed by atoms with Crippen LogP contribution in [0.4, 0.5) is 0 Å². The van der Waals surface area contributed by atoms with E-state index >= 15 is 0 Å². The number of pyridine rings is 1. The van der Waals surface area contributed by atoms with Crippen molar-refractivity contribution >= 4 is 5.78 Å². The number of rotatable bonds is 3. The lowest BCUT2D eigenvalue weighted by Crippen LogP contribution is -2.03. The molecule has 0 bridgehead atoms. The molecule has 0 spiro atoms. The van der Waals surface area contributed by atoms with Crippen molar-refractivity contribution in [2.75, 3.05) is 0 Å². The van der Waals surface area contributed by atoms with Crippen LogP contribution in [0, 0.1) is 6.92 Å². The number of aryl methyl sites for hydroxylation is 1. The Kier molecular flexibility index (Phi) is 3.13. The number of H-pyrrole nitrogens is 1. The van der Waals surface area contributed by atoms with Crippen molar-refractivity contribution in [1.82, 2.24) is 15.0 Å². The lowest BCUT2D eigenvalue weighted by Gasteiger charge is -1.97. The summed E-state index contributed by atoms with van der Waals surface area (Å²) in [6.07, 6.45) is 3.42. The fourth-order valence-corrected chi connectivity index (χ4v) is 2.05. The zero-order valence-corrected chi connectivity index (χ0v) is 11.0. The van der Waals surface area contributed by atoms with E-state index in [9.17, 15) is 4.79 Å². The number of hydrogen-bond donors (Lipinski definition) is 1. The molecule has 0 aliphatic carbocycles. The van der Waals surface area contributed by atoms with Crippen molar-refractivity contribution in [3.8, 4) is 11.4 Å². The predicted octanol–water partition coefficient (Wildman–Crippen LogP) is 3.01. The smallest absolute Gasteiger partial charge is 0.213 e. The molecule has 0 radical (unpaired) electrons. The molecule has 1 N–H and O–H groups in total. The zero-order valence-electron chi connectivity index (χ0n) is 11.0. The van der Waals surface area contributed by atoms with Crippen molar-refractivity contribution in [3.05, 3.63) is 71.8 Å². The maximum absolute atomic E-state index is 12.4. The molecule has 4 nitrogen and oxygen atoms in total. The number of carbonyl (C=O) groups excluding carboxylic acids is 1. The van der Waals surface area contributed by atoms with Gasteiger partial charge < -0.3 is 4.98 Å². The third kappa shape index (κ3) is 2.23. The number of carbonyl (C=O) groups is 1. The Labute approximate surface area is 116 Å².